The molecule has 0 bridgehead atoms. The molecule has 0 unspecified atom stereocenters. The van der Waals surface area contributed by atoms with E-state index in [1.165, 1.54) is 30.2 Å². The molecule has 0 radical (unpaired) electrons. The van der Waals surface area contributed by atoms with Crippen molar-refractivity contribution in [2.75, 3.05) is 6.54 Å². The van der Waals surface area contributed by atoms with Gasteiger partial charge in [-0.25, -0.2) is 4.39 Å². The first-order chi connectivity index (χ1) is 8.66. The van der Waals surface area contributed by atoms with Gasteiger partial charge in [0, 0.05) is 29.7 Å². The van der Waals surface area contributed by atoms with Crippen LogP contribution in [0.2, 0.25) is 0 Å². The van der Waals surface area contributed by atoms with E-state index in [9.17, 15) is 4.39 Å². The summed E-state index contributed by atoms with van der Waals surface area (Å²) in [6, 6.07) is 5.80. The van der Waals surface area contributed by atoms with Crippen molar-refractivity contribution >= 4 is 10.9 Å². The topological polar surface area (TPSA) is 17.0 Å². The Balaban J connectivity index is 1.92. The second kappa shape index (κ2) is 4.39. The number of hydrogen-bond acceptors (Lipinski definition) is 1. The molecular formula is C15H19FN2. The molecule has 18 heavy (non-hydrogen) atoms. The fourth-order valence-electron chi connectivity index (χ4n) is 2.62. The molecule has 0 atom stereocenters. The predicted octanol–water partition coefficient (Wildman–Crippen LogP) is 2.92. The molecule has 2 nitrogen and oxygen atoms in total. The minimum Gasteiger partial charge on any atom is -0.348 e. The van der Waals surface area contributed by atoms with Gasteiger partial charge in [0.1, 0.15) is 5.82 Å². The Morgan fingerprint density at radius 1 is 1.39 bits per heavy atom. The zero-order chi connectivity index (χ0) is 12.7. The Labute approximate surface area is 107 Å². The number of nitrogens with zero attached hydrogens (tertiary/aromatic N) is 1. The van der Waals surface area contributed by atoms with Crippen LogP contribution < -0.4 is 5.32 Å². The summed E-state index contributed by atoms with van der Waals surface area (Å²) in [5, 5.41) is 4.58. The highest BCUT2D eigenvalue weighted by molar-refractivity contribution is 5.85. The summed E-state index contributed by atoms with van der Waals surface area (Å²) in [6.07, 6.45) is 3.59. The van der Waals surface area contributed by atoms with Crippen LogP contribution in [0.5, 0.6) is 0 Å². The van der Waals surface area contributed by atoms with Gasteiger partial charge in [0.25, 0.3) is 0 Å². The Hall–Kier alpha value is -1.35. The normalized spacial score (nSPS) is 15.5. The number of aryl methyl sites for hydroxylation is 1. The van der Waals surface area contributed by atoms with Crippen molar-refractivity contribution in [3.63, 3.8) is 0 Å². The van der Waals surface area contributed by atoms with Crippen molar-refractivity contribution in [1.29, 1.82) is 0 Å². The molecule has 1 aromatic heterocycles. The lowest BCUT2D eigenvalue weighted by atomic mass is 10.1. The Bertz CT molecular complexity index is 582. The molecule has 1 N–H and O–H groups in total. The van der Waals surface area contributed by atoms with Gasteiger partial charge < -0.3 is 9.88 Å². The van der Waals surface area contributed by atoms with Crippen molar-refractivity contribution in [3.8, 4) is 0 Å². The first-order valence-corrected chi connectivity index (χ1v) is 6.63. The van der Waals surface area contributed by atoms with Crippen LogP contribution in [0.15, 0.2) is 18.2 Å². The van der Waals surface area contributed by atoms with Crippen molar-refractivity contribution in [2.24, 2.45) is 7.05 Å². The molecule has 3 heteroatoms. The minimum absolute atomic E-state index is 0.149. The number of nitrogens with one attached hydrogen (secondary N) is 1. The van der Waals surface area contributed by atoms with Gasteiger partial charge in [0.2, 0.25) is 0 Å². The summed E-state index contributed by atoms with van der Waals surface area (Å²) in [6.45, 7) is 3.10. The third-order valence-corrected chi connectivity index (χ3v) is 3.97. The van der Waals surface area contributed by atoms with Crippen molar-refractivity contribution in [2.45, 2.75) is 32.2 Å². The van der Waals surface area contributed by atoms with Crippen LogP contribution in [-0.4, -0.2) is 17.2 Å². The molecule has 3 rings (SSSR count). The molecule has 1 fully saturated rings. The zero-order valence-corrected chi connectivity index (χ0v) is 11.0. The molecule has 0 saturated heterocycles. The van der Waals surface area contributed by atoms with E-state index in [1.54, 1.807) is 6.07 Å². The highest BCUT2D eigenvalue weighted by Crippen LogP contribution is 2.26. The van der Waals surface area contributed by atoms with Crippen LogP contribution in [0, 0.1) is 12.7 Å². The maximum atomic E-state index is 13.4. The highest BCUT2D eigenvalue weighted by Gasteiger charge is 2.20. The van der Waals surface area contributed by atoms with Gasteiger partial charge in [0.05, 0.1) is 0 Å². The number of fused-ring (bicyclic) bond motifs is 1. The standard InChI is InChI=1S/C15H19FN2/c1-10-13(7-8-17-12-4-5-12)14-9-11(16)3-6-15(14)18(10)2/h3,6,9,12,17H,4-5,7-8H2,1-2H3. The summed E-state index contributed by atoms with van der Waals surface area (Å²) >= 11 is 0. The molecule has 0 aliphatic heterocycles. The molecule has 1 saturated carbocycles. The first kappa shape index (κ1) is 11.7. The highest BCUT2D eigenvalue weighted by atomic mass is 19.1. The number of halogens is 1. The predicted molar refractivity (Wildman–Crippen MR) is 72.3 cm³/mol. The monoisotopic (exact) mass is 246 g/mol. The van der Waals surface area contributed by atoms with Crippen LogP contribution in [0.25, 0.3) is 10.9 Å². The summed E-state index contributed by atoms with van der Waals surface area (Å²) in [4.78, 5) is 0. The second-order valence-corrected chi connectivity index (χ2v) is 5.26. The lowest BCUT2D eigenvalue weighted by molar-refractivity contribution is 0.629. The molecule has 1 aliphatic rings. The van der Waals surface area contributed by atoms with Crippen molar-refractivity contribution in [1.82, 2.24) is 9.88 Å². The second-order valence-electron chi connectivity index (χ2n) is 5.26. The largest absolute Gasteiger partial charge is 0.348 e. The fourth-order valence-corrected chi connectivity index (χ4v) is 2.62. The van der Waals surface area contributed by atoms with Gasteiger partial charge in [-0.1, -0.05) is 0 Å². The average Bonchev–Trinajstić information content (AvgIpc) is 3.13. The summed E-state index contributed by atoms with van der Waals surface area (Å²) < 4.78 is 15.5. The lowest BCUT2D eigenvalue weighted by Crippen LogP contribution is -2.19. The smallest absolute Gasteiger partial charge is 0.123 e. The zero-order valence-electron chi connectivity index (χ0n) is 11.0. The number of benzene rings is 1. The molecule has 0 amide bonds. The molecule has 1 aliphatic carbocycles. The van der Waals surface area contributed by atoms with Gasteiger partial charge in [-0.05, 0) is 56.5 Å². The van der Waals surface area contributed by atoms with Gasteiger partial charge in [0.15, 0.2) is 0 Å². The third kappa shape index (κ3) is 2.03. The maximum Gasteiger partial charge on any atom is 0.123 e. The number of rotatable bonds is 4. The average molecular weight is 246 g/mol. The first-order valence-electron chi connectivity index (χ1n) is 6.63. The van der Waals surface area contributed by atoms with Gasteiger partial charge in [-0.2, -0.15) is 0 Å². The maximum absolute atomic E-state index is 13.4. The quantitative estimate of drug-likeness (QED) is 0.877. The van der Waals surface area contributed by atoms with E-state index >= 15 is 0 Å². The Morgan fingerprint density at radius 2 is 2.17 bits per heavy atom. The molecule has 96 valence electrons. The minimum atomic E-state index is -0.149. The lowest BCUT2D eigenvalue weighted by Gasteiger charge is -2.04. The van der Waals surface area contributed by atoms with Gasteiger partial charge in [-0.15, -0.1) is 0 Å². The summed E-state index contributed by atoms with van der Waals surface area (Å²) in [5.74, 6) is -0.149. The molecule has 2 aromatic rings. The van der Waals surface area contributed by atoms with Gasteiger partial charge >= 0.3 is 0 Å². The van der Waals surface area contributed by atoms with Crippen LogP contribution in [-0.2, 0) is 13.5 Å². The SMILES string of the molecule is Cc1c(CCNC2CC2)c2cc(F)ccc2n1C. The molecule has 1 heterocycles. The molecule has 1 aromatic carbocycles. The van der Waals surface area contributed by atoms with E-state index in [0.29, 0.717) is 0 Å². The van der Waals surface area contributed by atoms with E-state index < -0.39 is 0 Å². The third-order valence-electron chi connectivity index (χ3n) is 3.97. The number of hydrogen-bond donors (Lipinski definition) is 1. The summed E-state index contributed by atoms with van der Waals surface area (Å²) in [5.41, 5.74) is 3.64. The Kier molecular flexibility index (Phi) is 2.86. The van der Waals surface area contributed by atoms with E-state index in [2.05, 4.69) is 16.8 Å². The van der Waals surface area contributed by atoms with Crippen LogP contribution in [0.3, 0.4) is 0 Å². The van der Waals surface area contributed by atoms with E-state index in [0.717, 1.165) is 29.9 Å². The van der Waals surface area contributed by atoms with Crippen LogP contribution in [0.4, 0.5) is 4.39 Å². The fraction of sp³-hybridized carbons (Fsp3) is 0.467. The van der Waals surface area contributed by atoms with Crippen LogP contribution >= 0.6 is 0 Å². The molecular weight excluding hydrogens is 227 g/mol. The van der Waals surface area contributed by atoms with E-state index in [4.69, 9.17) is 0 Å². The van der Waals surface area contributed by atoms with Crippen molar-refractivity contribution < 1.29 is 4.39 Å². The summed E-state index contributed by atoms with van der Waals surface area (Å²) in [7, 11) is 2.05. The van der Waals surface area contributed by atoms with Crippen molar-refractivity contribution in [3.05, 3.63) is 35.3 Å². The van der Waals surface area contributed by atoms with Gasteiger partial charge in [-0.3, -0.25) is 0 Å². The van der Waals surface area contributed by atoms with E-state index in [1.807, 2.05) is 13.1 Å². The van der Waals surface area contributed by atoms with E-state index in [-0.39, 0.29) is 5.82 Å². The molecule has 0 spiro atoms. The van der Waals surface area contributed by atoms with Crippen LogP contribution in [0.1, 0.15) is 24.1 Å². The number of aromatic nitrogens is 1. The Morgan fingerprint density at radius 3 is 2.89 bits per heavy atom.